The predicted octanol–water partition coefficient (Wildman–Crippen LogP) is 3.87. The molecule has 3 nitrogen and oxygen atoms in total. The smallest absolute Gasteiger partial charge is 0.0522 e. The Morgan fingerprint density at radius 3 is 2.67 bits per heavy atom. The zero-order chi connectivity index (χ0) is 15.1. The lowest BCUT2D eigenvalue weighted by atomic mass is 10.1. The van der Waals surface area contributed by atoms with Gasteiger partial charge in [-0.25, -0.2) is 0 Å². The van der Waals surface area contributed by atoms with Crippen molar-refractivity contribution < 1.29 is 0 Å². The number of nitrogens with one attached hydrogen (secondary N) is 1. The van der Waals surface area contributed by atoms with Gasteiger partial charge in [0.2, 0.25) is 0 Å². The summed E-state index contributed by atoms with van der Waals surface area (Å²) in [5.41, 5.74) is 1.29. The van der Waals surface area contributed by atoms with E-state index in [-0.39, 0.29) is 0 Å². The van der Waals surface area contributed by atoms with E-state index in [2.05, 4.69) is 42.6 Å². The molecule has 0 spiro atoms. The van der Waals surface area contributed by atoms with Crippen LogP contribution in [0, 0.1) is 0 Å². The Balaban J connectivity index is 1.90. The van der Waals surface area contributed by atoms with E-state index in [0.29, 0.717) is 6.04 Å². The molecule has 1 heterocycles. The van der Waals surface area contributed by atoms with Gasteiger partial charge >= 0.3 is 0 Å². The third kappa shape index (κ3) is 5.38. The van der Waals surface area contributed by atoms with E-state index in [4.69, 9.17) is 11.6 Å². The maximum Gasteiger partial charge on any atom is 0.0522 e. The Labute approximate surface area is 136 Å². The van der Waals surface area contributed by atoms with Gasteiger partial charge in [-0.15, -0.1) is 11.8 Å². The van der Waals surface area contributed by atoms with Crippen LogP contribution in [0.25, 0.3) is 0 Å². The number of hydrogen-bond donors (Lipinski definition) is 1. The van der Waals surface area contributed by atoms with Crippen molar-refractivity contribution in [3.63, 3.8) is 0 Å². The minimum absolute atomic E-state index is 0.449. The molecule has 1 atom stereocenters. The summed E-state index contributed by atoms with van der Waals surface area (Å²) in [6.45, 7) is 6.16. The van der Waals surface area contributed by atoms with Crippen LogP contribution in [0.4, 0.5) is 0 Å². The van der Waals surface area contributed by atoms with E-state index in [9.17, 15) is 0 Å². The molecule has 2 rings (SSSR count). The highest BCUT2D eigenvalue weighted by molar-refractivity contribution is 7.99. The zero-order valence-corrected chi connectivity index (χ0v) is 14.1. The third-order valence-corrected chi connectivity index (χ3v) is 4.68. The Hall–Kier alpha value is -0.970. The van der Waals surface area contributed by atoms with E-state index in [1.54, 1.807) is 0 Å². The number of benzene rings is 1. The lowest BCUT2D eigenvalue weighted by molar-refractivity contribution is 0.572. The molecule has 21 heavy (non-hydrogen) atoms. The molecule has 1 unspecified atom stereocenters. The monoisotopic (exact) mass is 323 g/mol. The molecule has 2 aromatic rings. The van der Waals surface area contributed by atoms with E-state index in [1.165, 1.54) is 10.5 Å². The number of aromatic nitrogens is 2. The lowest BCUT2D eigenvalue weighted by Crippen LogP contribution is -2.33. The summed E-state index contributed by atoms with van der Waals surface area (Å²) in [6.07, 6.45) is 5.12. The Kier molecular flexibility index (Phi) is 6.61. The molecular weight excluding hydrogens is 302 g/mol. The summed E-state index contributed by atoms with van der Waals surface area (Å²) >= 11 is 7.78. The van der Waals surface area contributed by atoms with Crippen LogP contribution in [0.15, 0.2) is 41.6 Å². The van der Waals surface area contributed by atoms with Gasteiger partial charge in [-0.2, -0.15) is 5.10 Å². The second kappa shape index (κ2) is 8.47. The molecule has 0 saturated carbocycles. The van der Waals surface area contributed by atoms with Crippen molar-refractivity contribution in [2.45, 2.75) is 37.8 Å². The molecule has 0 radical (unpaired) electrons. The first-order chi connectivity index (χ1) is 10.2. The van der Waals surface area contributed by atoms with Crippen LogP contribution < -0.4 is 5.32 Å². The first kappa shape index (κ1) is 16.4. The van der Waals surface area contributed by atoms with Crippen LogP contribution in [0.5, 0.6) is 0 Å². The van der Waals surface area contributed by atoms with Crippen LogP contribution in [0.1, 0.15) is 19.4 Å². The third-order valence-electron chi connectivity index (χ3n) is 3.25. The largest absolute Gasteiger partial charge is 0.313 e. The molecule has 114 valence electrons. The number of nitrogens with zero attached hydrogens (tertiary/aromatic N) is 2. The van der Waals surface area contributed by atoms with Crippen LogP contribution in [-0.2, 0) is 13.0 Å². The van der Waals surface area contributed by atoms with Gasteiger partial charge in [0.25, 0.3) is 0 Å². The van der Waals surface area contributed by atoms with Crippen LogP contribution in [0.2, 0.25) is 5.02 Å². The molecule has 1 aromatic heterocycles. The van der Waals surface area contributed by atoms with Gasteiger partial charge in [0, 0.05) is 34.5 Å². The highest BCUT2D eigenvalue weighted by Gasteiger charge is 2.10. The number of halogens is 1. The molecular formula is C16H22ClN3S. The van der Waals surface area contributed by atoms with E-state index >= 15 is 0 Å². The standard InChI is InChI=1S/C16H22ClN3S/c1-3-18-15(9-13-10-19-20(4-2)11-13)12-21-16-7-5-14(17)6-8-16/h5-8,10-11,15,18H,3-4,9,12H2,1-2H3. The molecule has 0 bridgehead atoms. The minimum Gasteiger partial charge on any atom is -0.313 e. The summed E-state index contributed by atoms with van der Waals surface area (Å²) in [5, 5.41) is 8.69. The van der Waals surface area contributed by atoms with Crippen molar-refractivity contribution in [3.05, 3.63) is 47.2 Å². The van der Waals surface area contributed by atoms with Crippen molar-refractivity contribution in [1.29, 1.82) is 0 Å². The maximum absolute atomic E-state index is 5.92. The molecule has 0 aliphatic heterocycles. The first-order valence-electron chi connectivity index (χ1n) is 7.34. The summed E-state index contributed by atoms with van der Waals surface area (Å²) in [5.74, 6) is 1.03. The van der Waals surface area contributed by atoms with Crippen LogP contribution >= 0.6 is 23.4 Å². The fourth-order valence-electron chi connectivity index (χ4n) is 2.18. The van der Waals surface area contributed by atoms with Crippen LogP contribution in [-0.4, -0.2) is 28.1 Å². The lowest BCUT2D eigenvalue weighted by Gasteiger charge is -2.16. The predicted molar refractivity (Wildman–Crippen MR) is 91.2 cm³/mol. The highest BCUT2D eigenvalue weighted by Crippen LogP contribution is 2.21. The summed E-state index contributed by atoms with van der Waals surface area (Å²) in [4.78, 5) is 1.26. The van der Waals surface area contributed by atoms with Gasteiger partial charge in [-0.05, 0) is 49.7 Å². The second-order valence-corrected chi connectivity index (χ2v) is 6.46. The van der Waals surface area contributed by atoms with Gasteiger partial charge in [-0.3, -0.25) is 4.68 Å². The molecule has 0 aliphatic carbocycles. The van der Waals surface area contributed by atoms with Crippen molar-refractivity contribution in [1.82, 2.24) is 15.1 Å². The van der Waals surface area contributed by atoms with Gasteiger partial charge in [0.15, 0.2) is 0 Å². The average Bonchev–Trinajstić information content (AvgIpc) is 2.94. The molecule has 0 aliphatic rings. The number of hydrogen-bond acceptors (Lipinski definition) is 3. The number of likely N-dealkylation sites (N-methyl/N-ethyl adjacent to an activating group) is 1. The highest BCUT2D eigenvalue weighted by atomic mass is 35.5. The quantitative estimate of drug-likeness (QED) is 0.748. The fourth-order valence-corrected chi connectivity index (χ4v) is 3.26. The topological polar surface area (TPSA) is 29.9 Å². The maximum atomic E-state index is 5.92. The number of thioether (sulfide) groups is 1. The summed E-state index contributed by atoms with van der Waals surface area (Å²) in [6, 6.07) is 8.48. The molecule has 0 saturated heterocycles. The minimum atomic E-state index is 0.449. The zero-order valence-electron chi connectivity index (χ0n) is 12.6. The first-order valence-corrected chi connectivity index (χ1v) is 8.70. The molecule has 1 N–H and O–H groups in total. The molecule has 5 heteroatoms. The van der Waals surface area contributed by atoms with Crippen LogP contribution in [0.3, 0.4) is 0 Å². The van der Waals surface area contributed by atoms with E-state index < -0.39 is 0 Å². The molecule has 0 fully saturated rings. The summed E-state index contributed by atoms with van der Waals surface area (Å²) in [7, 11) is 0. The van der Waals surface area contributed by atoms with Gasteiger partial charge in [0.1, 0.15) is 0 Å². The van der Waals surface area contributed by atoms with Gasteiger partial charge in [-0.1, -0.05) is 18.5 Å². The van der Waals surface area contributed by atoms with E-state index in [1.807, 2.05) is 34.8 Å². The van der Waals surface area contributed by atoms with Gasteiger partial charge in [0.05, 0.1) is 6.20 Å². The molecule has 0 amide bonds. The van der Waals surface area contributed by atoms with E-state index in [0.717, 1.165) is 30.3 Å². The van der Waals surface area contributed by atoms with Gasteiger partial charge < -0.3 is 5.32 Å². The second-order valence-electron chi connectivity index (χ2n) is 4.93. The Morgan fingerprint density at radius 2 is 2.05 bits per heavy atom. The van der Waals surface area contributed by atoms with Crippen molar-refractivity contribution in [2.24, 2.45) is 0 Å². The number of aryl methyl sites for hydroxylation is 1. The molecule has 1 aromatic carbocycles. The average molecular weight is 324 g/mol. The fraction of sp³-hybridized carbons (Fsp3) is 0.438. The Bertz CT molecular complexity index is 539. The van der Waals surface area contributed by atoms with Crippen molar-refractivity contribution >= 4 is 23.4 Å². The Morgan fingerprint density at radius 1 is 1.29 bits per heavy atom. The number of rotatable bonds is 8. The van der Waals surface area contributed by atoms with Crippen molar-refractivity contribution in [2.75, 3.05) is 12.3 Å². The summed E-state index contributed by atoms with van der Waals surface area (Å²) < 4.78 is 1.98. The SMILES string of the molecule is CCNC(CSc1ccc(Cl)cc1)Cc1cnn(CC)c1. The normalized spacial score (nSPS) is 12.5. The van der Waals surface area contributed by atoms with Crippen molar-refractivity contribution in [3.8, 4) is 0 Å².